The standard InChI is InChI=1S/C30H35FN2O5S2/c1-20-15-21(2)19-33(18-20)40(35,36)25-10-12-29(39-24-8-6-23(31)7-9-24)26(17-25)30(34)32-14-13-22-5-11-27(37-3)28(16-22)38-4/h5-12,16-17,20-21H,13-15,18-19H2,1-4H3,(H,32,34)/t20-,21+. The summed E-state index contributed by atoms with van der Waals surface area (Å²) in [7, 11) is -0.653. The van der Waals surface area contributed by atoms with E-state index in [1.54, 1.807) is 38.5 Å². The third kappa shape index (κ3) is 7.16. The Bertz CT molecular complexity index is 1440. The van der Waals surface area contributed by atoms with Gasteiger partial charge in [-0.25, -0.2) is 12.8 Å². The maximum Gasteiger partial charge on any atom is 0.252 e. The van der Waals surface area contributed by atoms with Gasteiger partial charge in [0.15, 0.2) is 11.5 Å². The maximum atomic E-state index is 13.6. The van der Waals surface area contributed by atoms with Crippen molar-refractivity contribution in [2.75, 3.05) is 33.9 Å². The smallest absolute Gasteiger partial charge is 0.252 e. The molecule has 0 radical (unpaired) electrons. The van der Waals surface area contributed by atoms with Crippen molar-refractivity contribution in [2.24, 2.45) is 11.8 Å². The number of carbonyl (C=O) groups is 1. The first kappa shape index (κ1) is 29.9. The number of ether oxygens (including phenoxy) is 2. The van der Waals surface area contributed by atoms with Gasteiger partial charge >= 0.3 is 0 Å². The van der Waals surface area contributed by atoms with Gasteiger partial charge in [-0.2, -0.15) is 4.31 Å². The van der Waals surface area contributed by atoms with Crippen LogP contribution >= 0.6 is 11.8 Å². The molecule has 0 spiro atoms. The number of amides is 1. The van der Waals surface area contributed by atoms with Crippen LogP contribution in [0.4, 0.5) is 4.39 Å². The number of hydrogen-bond donors (Lipinski definition) is 1. The number of methoxy groups -OCH3 is 2. The van der Waals surface area contributed by atoms with Gasteiger partial charge in [0.2, 0.25) is 10.0 Å². The lowest BCUT2D eigenvalue weighted by atomic mass is 9.94. The van der Waals surface area contributed by atoms with Crippen LogP contribution in [0.1, 0.15) is 36.2 Å². The Morgan fingerprint density at radius 1 is 0.975 bits per heavy atom. The van der Waals surface area contributed by atoms with Gasteiger partial charge in [-0.05, 0) is 84.8 Å². The van der Waals surface area contributed by atoms with Crippen LogP contribution in [0.25, 0.3) is 0 Å². The minimum atomic E-state index is -3.79. The molecule has 1 amide bonds. The lowest BCUT2D eigenvalue weighted by Crippen LogP contribution is -2.42. The molecule has 1 fully saturated rings. The monoisotopic (exact) mass is 586 g/mol. The topological polar surface area (TPSA) is 84.9 Å². The minimum absolute atomic E-state index is 0.0855. The number of rotatable bonds is 10. The molecule has 3 aromatic carbocycles. The average Bonchev–Trinajstić information content (AvgIpc) is 2.93. The molecular formula is C30H35FN2O5S2. The zero-order chi connectivity index (χ0) is 28.9. The van der Waals surface area contributed by atoms with Crippen molar-refractivity contribution < 1.29 is 27.1 Å². The third-order valence-corrected chi connectivity index (χ3v) is 9.77. The normalized spacial score (nSPS) is 17.8. The Labute approximate surface area is 240 Å². The van der Waals surface area contributed by atoms with Crippen molar-refractivity contribution in [3.63, 3.8) is 0 Å². The Morgan fingerprint density at radius 2 is 1.65 bits per heavy atom. The van der Waals surface area contributed by atoms with Gasteiger partial charge in [0.05, 0.1) is 24.7 Å². The van der Waals surface area contributed by atoms with Crippen LogP contribution in [0.3, 0.4) is 0 Å². The van der Waals surface area contributed by atoms with Crippen LogP contribution in [0, 0.1) is 17.7 Å². The molecule has 1 aliphatic heterocycles. The van der Waals surface area contributed by atoms with E-state index in [9.17, 15) is 17.6 Å². The molecule has 1 heterocycles. The number of halogens is 1. The van der Waals surface area contributed by atoms with Crippen molar-refractivity contribution in [3.05, 3.63) is 77.6 Å². The fraction of sp³-hybridized carbons (Fsp3) is 0.367. The summed E-state index contributed by atoms with van der Waals surface area (Å²) < 4.78 is 52.8. The van der Waals surface area contributed by atoms with Gasteiger partial charge in [-0.1, -0.05) is 31.7 Å². The highest BCUT2D eigenvalue weighted by molar-refractivity contribution is 7.99. The van der Waals surface area contributed by atoms with Crippen molar-refractivity contribution >= 4 is 27.7 Å². The summed E-state index contributed by atoms with van der Waals surface area (Å²) in [6.07, 6.45) is 1.51. The second kappa shape index (κ2) is 13.1. The van der Waals surface area contributed by atoms with E-state index in [2.05, 4.69) is 19.2 Å². The van der Waals surface area contributed by atoms with Gasteiger partial charge in [0.25, 0.3) is 5.91 Å². The first-order chi connectivity index (χ1) is 19.1. The van der Waals surface area contributed by atoms with Gasteiger partial charge in [-0.3, -0.25) is 4.79 Å². The minimum Gasteiger partial charge on any atom is -0.493 e. The predicted octanol–water partition coefficient (Wildman–Crippen LogP) is 5.63. The third-order valence-electron chi connectivity index (χ3n) is 6.86. The number of hydrogen-bond acceptors (Lipinski definition) is 6. The highest BCUT2D eigenvalue weighted by Crippen LogP contribution is 2.34. The lowest BCUT2D eigenvalue weighted by molar-refractivity contribution is 0.0951. The molecule has 4 rings (SSSR count). The van der Waals surface area contributed by atoms with Crippen molar-refractivity contribution in [2.45, 2.75) is 41.4 Å². The van der Waals surface area contributed by atoms with Crippen molar-refractivity contribution in [3.8, 4) is 11.5 Å². The highest BCUT2D eigenvalue weighted by atomic mass is 32.2. The van der Waals surface area contributed by atoms with Crippen molar-refractivity contribution in [1.29, 1.82) is 0 Å². The molecular weight excluding hydrogens is 551 g/mol. The fourth-order valence-electron chi connectivity index (χ4n) is 4.97. The number of carbonyl (C=O) groups excluding carboxylic acids is 1. The van der Waals surface area contributed by atoms with Crippen LogP contribution in [0.15, 0.2) is 75.4 Å². The number of nitrogens with zero attached hydrogens (tertiary/aromatic N) is 1. The summed E-state index contributed by atoms with van der Waals surface area (Å²) in [5.41, 5.74) is 1.20. The molecule has 1 saturated heterocycles. The largest absolute Gasteiger partial charge is 0.493 e. The van der Waals surface area contributed by atoms with Gasteiger partial charge in [0, 0.05) is 29.4 Å². The van der Waals surface area contributed by atoms with E-state index in [1.807, 2.05) is 18.2 Å². The molecule has 7 nitrogen and oxygen atoms in total. The summed E-state index contributed by atoms with van der Waals surface area (Å²) in [6.45, 7) is 5.33. The van der Waals surface area contributed by atoms with Crippen LogP contribution < -0.4 is 14.8 Å². The molecule has 0 aromatic heterocycles. The van der Waals surface area contributed by atoms with E-state index < -0.39 is 10.0 Å². The molecule has 10 heteroatoms. The second-order valence-corrected chi connectivity index (χ2v) is 13.2. The fourth-order valence-corrected chi connectivity index (χ4v) is 7.60. The Balaban J connectivity index is 1.58. The molecule has 1 N–H and O–H groups in total. The SMILES string of the molecule is COc1ccc(CCNC(=O)c2cc(S(=O)(=O)N3C[C@H](C)C[C@H](C)C3)ccc2Sc2ccc(F)cc2)cc1OC. The lowest BCUT2D eigenvalue weighted by Gasteiger charge is -2.34. The second-order valence-electron chi connectivity index (χ2n) is 10.2. The van der Waals surface area contributed by atoms with E-state index in [0.29, 0.717) is 42.4 Å². The molecule has 0 bridgehead atoms. The van der Waals surface area contributed by atoms with Crippen LogP contribution in [0.5, 0.6) is 11.5 Å². The molecule has 40 heavy (non-hydrogen) atoms. The molecule has 3 aromatic rings. The molecule has 2 atom stereocenters. The molecule has 1 aliphatic rings. The predicted molar refractivity (Wildman–Crippen MR) is 154 cm³/mol. The number of piperidine rings is 1. The van der Waals surface area contributed by atoms with Gasteiger partial charge in [-0.15, -0.1) is 0 Å². The number of benzene rings is 3. The van der Waals surface area contributed by atoms with E-state index >= 15 is 0 Å². The summed E-state index contributed by atoms with van der Waals surface area (Å²) in [4.78, 5) is 14.8. The number of sulfonamides is 1. The summed E-state index contributed by atoms with van der Waals surface area (Å²) in [5.74, 6) is 0.987. The summed E-state index contributed by atoms with van der Waals surface area (Å²) in [6, 6.07) is 16.2. The van der Waals surface area contributed by atoms with E-state index in [1.165, 1.54) is 34.3 Å². The van der Waals surface area contributed by atoms with E-state index in [-0.39, 0.29) is 34.0 Å². The van der Waals surface area contributed by atoms with Crippen molar-refractivity contribution in [1.82, 2.24) is 9.62 Å². The maximum absolute atomic E-state index is 13.6. The zero-order valence-electron chi connectivity index (χ0n) is 23.1. The molecule has 0 unspecified atom stereocenters. The van der Waals surface area contributed by atoms with Crippen LogP contribution in [-0.2, 0) is 16.4 Å². The molecule has 0 aliphatic carbocycles. The zero-order valence-corrected chi connectivity index (χ0v) is 24.8. The first-order valence-corrected chi connectivity index (χ1v) is 15.4. The average molecular weight is 587 g/mol. The van der Waals surface area contributed by atoms with E-state index in [4.69, 9.17) is 9.47 Å². The van der Waals surface area contributed by atoms with E-state index in [0.717, 1.165) is 16.9 Å². The Hall–Kier alpha value is -3.08. The quantitative estimate of drug-likeness (QED) is 0.331. The highest BCUT2D eigenvalue weighted by Gasteiger charge is 2.32. The summed E-state index contributed by atoms with van der Waals surface area (Å²) in [5, 5.41) is 2.93. The van der Waals surface area contributed by atoms with Gasteiger partial charge < -0.3 is 14.8 Å². The summed E-state index contributed by atoms with van der Waals surface area (Å²) >= 11 is 1.28. The van der Waals surface area contributed by atoms with Crippen LogP contribution in [0.2, 0.25) is 0 Å². The Kier molecular flexibility index (Phi) is 9.76. The van der Waals surface area contributed by atoms with Crippen LogP contribution in [-0.4, -0.2) is 52.5 Å². The molecule has 0 saturated carbocycles. The number of nitrogens with one attached hydrogen (secondary N) is 1. The molecule has 214 valence electrons. The first-order valence-electron chi connectivity index (χ1n) is 13.2. The Morgan fingerprint density at radius 3 is 2.30 bits per heavy atom. The van der Waals surface area contributed by atoms with Gasteiger partial charge in [0.1, 0.15) is 5.82 Å².